The first-order valence-corrected chi connectivity index (χ1v) is 12.3. The van der Waals surface area contributed by atoms with Gasteiger partial charge in [-0.3, -0.25) is 4.98 Å². The van der Waals surface area contributed by atoms with Gasteiger partial charge in [0.25, 0.3) is 0 Å². The molecule has 3 aliphatic carbocycles. The molecule has 2 saturated carbocycles. The van der Waals surface area contributed by atoms with Crippen molar-refractivity contribution < 1.29 is 14.9 Å². The SMILES string of the molecule is CC12CC=C3C=C4[C@@H](O)C(O)CC[C@]45CC[C@]3(O5)[C@@H]1CCC2c1ccc2ccncc2c1. The number of aliphatic hydroxyl groups excluding tert-OH is 2. The lowest BCUT2D eigenvalue weighted by Crippen LogP contribution is -2.56. The smallest absolute Gasteiger partial charge is 0.104 e. The van der Waals surface area contributed by atoms with Crippen LogP contribution in [0.3, 0.4) is 0 Å². The van der Waals surface area contributed by atoms with Crippen molar-refractivity contribution in [1.82, 2.24) is 4.98 Å². The fourth-order valence-electron chi connectivity index (χ4n) is 8.25. The molecule has 2 aliphatic heterocycles. The van der Waals surface area contributed by atoms with Crippen LogP contribution in [0, 0.1) is 11.3 Å². The quantitative estimate of drug-likeness (QED) is 0.683. The Hall–Kier alpha value is -2.01. The molecule has 5 aliphatic rings. The predicted octanol–water partition coefficient (Wildman–Crippen LogP) is 4.81. The average Bonchev–Trinajstić information content (AvgIpc) is 3.32. The van der Waals surface area contributed by atoms with Crippen LogP contribution in [0.2, 0.25) is 0 Å². The summed E-state index contributed by atoms with van der Waals surface area (Å²) < 4.78 is 7.12. The van der Waals surface area contributed by atoms with Crippen molar-refractivity contribution in [3.8, 4) is 0 Å². The van der Waals surface area contributed by atoms with Crippen LogP contribution in [0.15, 0.2) is 60.0 Å². The molecule has 1 aromatic heterocycles. The highest BCUT2D eigenvalue weighted by molar-refractivity contribution is 5.82. The zero-order valence-corrected chi connectivity index (χ0v) is 18.6. The van der Waals surface area contributed by atoms with Crippen LogP contribution in [0.4, 0.5) is 0 Å². The van der Waals surface area contributed by atoms with Gasteiger partial charge in [0.15, 0.2) is 0 Å². The molecule has 2 bridgehead atoms. The number of hydrogen-bond acceptors (Lipinski definition) is 4. The summed E-state index contributed by atoms with van der Waals surface area (Å²) in [6.45, 7) is 2.48. The highest BCUT2D eigenvalue weighted by atomic mass is 16.5. The van der Waals surface area contributed by atoms with E-state index in [2.05, 4.69) is 48.3 Å². The van der Waals surface area contributed by atoms with Gasteiger partial charge in [0.2, 0.25) is 0 Å². The standard InChI is InChI=1S/C28H31NO3/c1-26-9-6-20-15-22-25(31)23(30)7-10-27(22)11-12-28(20,32-27)24(26)5-4-21(26)18-3-2-17-8-13-29-16-19(17)14-18/h2-3,6,8,13-16,21,23-25,30-31H,4-5,7,9-12H2,1H3/t21?,23?,24-,25-,26?,27+,28-/m1/s1. The van der Waals surface area contributed by atoms with Gasteiger partial charge in [-0.05, 0) is 96.4 Å². The highest BCUT2D eigenvalue weighted by Gasteiger charge is 2.67. The first-order valence-electron chi connectivity index (χ1n) is 12.3. The Morgan fingerprint density at radius 1 is 1.03 bits per heavy atom. The fraction of sp³-hybridized carbons (Fsp3) is 0.536. The highest BCUT2D eigenvalue weighted by Crippen LogP contribution is 2.69. The van der Waals surface area contributed by atoms with E-state index in [1.54, 1.807) is 0 Å². The molecule has 2 N–H and O–H groups in total. The van der Waals surface area contributed by atoms with Crippen LogP contribution in [0.1, 0.15) is 63.4 Å². The maximum Gasteiger partial charge on any atom is 0.104 e. The molecule has 32 heavy (non-hydrogen) atoms. The van der Waals surface area contributed by atoms with Gasteiger partial charge in [-0.1, -0.05) is 31.2 Å². The third kappa shape index (κ3) is 2.31. The van der Waals surface area contributed by atoms with E-state index in [1.165, 1.54) is 34.8 Å². The van der Waals surface area contributed by atoms with E-state index in [4.69, 9.17) is 4.74 Å². The zero-order valence-electron chi connectivity index (χ0n) is 18.6. The van der Waals surface area contributed by atoms with Gasteiger partial charge in [0.1, 0.15) is 6.10 Å². The van der Waals surface area contributed by atoms with Crippen molar-refractivity contribution in [2.45, 2.75) is 81.2 Å². The number of aliphatic hydroxyl groups is 2. The Labute approximate surface area is 189 Å². The van der Waals surface area contributed by atoms with Crippen LogP contribution < -0.4 is 0 Å². The minimum atomic E-state index is -0.795. The Morgan fingerprint density at radius 3 is 2.84 bits per heavy atom. The lowest BCUT2D eigenvalue weighted by atomic mass is 9.58. The summed E-state index contributed by atoms with van der Waals surface area (Å²) in [7, 11) is 0. The van der Waals surface area contributed by atoms with Crippen LogP contribution in [0.25, 0.3) is 10.8 Å². The van der Waals surface area contributed by atoms with Gasteiger partial charge in [0.05, 0.1) is 17.3 Å². The topological polar surface area (TPSA) is 62.6 Å². The van der Waals surface area contributed by atoms with Crippen LogP contribution in [-0.4, -0.2) is 38.6 Å². The second kappa shape index (κ2) is 6.31. The summed E-state index contributed by atoms with van der Waals surface area (Å²) in [5, 5.41) is 23.5. The second-order valence-electron chi connectivity index (χ2n) is 11.2. The van der Waals surface area contributed by atoms with Gasteiger partial charge < -0.3 is 14.9 Å². The molecular weight excluding hydrogens is 398 g/mol. The fourth-order valence-corrected chi connectivity index (χ4v) is 8.25. The van der Waals surface area contributed by atoms with Gasteiger partial charge in [0, 0.05) is 17.8 Å². The van der Waals surface area contributed by atoms with E-state index in [-0.39, 0.29) is 16.6 Å². The molecule has 7 rings (SSSR count). The van der Waals surface area contributed by atoms with E-state index in [1.807, 2.05) is 12.4 Å². The lowest BCUT2D eigenvalue weighted by molar-refractivity contribution is -0.152. The summed E-state index contributed by atoms with van der Waals surface area (Å²) in [6.07, 6.45) is 13.8. The molecule has 4 nitrogen and oxygen atoms in total. The minimum absolute atomic E-state index is 0.156. The lowest BCUT2D eigenvalue weighted by Gasteiger charge is -2.54. The molecule has 1 saturated heterocycles. The number of fused-ring (bicyclic) bond motifs is 2. The monoisotopic (exact) mass is 429 g/mol. The summed E-state index contributed by atoms with van der Waals surface area (Å²) in [6, 6.07) is 9.01. The molecule has 4 heteroatoms. The second-order valence-corrected chi connectivity index (χ2v) is 11.2. The Kier molecular flexibility index (Phi) is 3.84. The average molecular weight is 430 g/mol. The van der Waals surface area contributed by atoms with Crippen LogP contribution >= 0.6 is 0 Å². The van der Waals surface area contributed by atoms with Gasteiger partial charge in [-0.2, -0.15) is 0 Å². The number of pyridine rings is 1. The predicted molar refractivity (Wildman–Crippen MR) is 123 cm³/mol. The number of hydrogen-bond donors (Lipinski definition) is 2. The van der Waals surface area contributed by atoms with Gasteiger partial charge in [-0.15, -0.1) is 0 Å². The molecule has 3 heterocycles. The first-order chi connectivity index (χ1) is 15.5. The van der Waals surface area contributed by atoms with E-state index < -0.39 is 12.2 Å². The molecule has 7 atom stereocenters. The summed E-state index contributed by atoms with van der Waals surface area (Å²) >= 11 is 0. The normalized spacial score (nSPS) is 44.5. The zero-order chi connectivity index (χ0) is 21.7. The van der Waals surface area contributed by atoms with Crippen molar-refractivity contribution in [2.75, 3.05) is 0 Å². The molecular formula is C28H31NO3. The Morgan fingerprint density at radius 2 is 1.94 bits per heavy atom. The van der Waals surface area contributed by atoms with E-state index in [0.29, 0.717) is 18.3 Å². The first kappa shape index (κ1) is 19.5. The number of benzene rings is 1. The van der Waals surface area contributed by atoms with Crippen molar-refractivity contribution in [1.29, 1.82) is 0 Å². The summed E-state index contributed by atoms with van der Waals surface area (Å²) in [5.74, 6) is 0.985. The minimum Gasteiger partial charge on any atom is -0.390 e. The Bertz CT molecular complexity index is 1190. The maximum atomic E-state index is 10.8. The maximum absolute atomic E-state index is 10.8. The van der Waals surface area contributed by atoms with Crippen LogP contribution in [-0.2, 0) is 4.74 Å². The van der Waals surface area contributed by atoms with Gasteiger partial charge >= 0.3 is 0 Å². The molecule has 2 aromatic rings. The summed E-state index contributed by atoms with van der Waals surface area (Å²) in [5.41, 5.74) is 3.17. The van der Waals surface area contributed by atoms with E-state index in [0.717, 1.165) is 31.3 Å². The van der Waals surface area contributed by atoms with E-state index in [9.17, 15) is 10.2 Å². The van der Waals surface area contributed by atoms with Crippen LogP contribution in [0.5, 0.6) is 0 Å². The number of rotatable bonds is 1. The van der Waals surface area contributed by atoms with Crippen molar-refractivity contribution >= 4 is 10.8 Å². The number of allylic oxidation sites excluding steroid dienone is 1. The molecule has 0 amide bonds. The molecule has 2 spiro atoms. The molecule has 1 aromatic carbocycles. The largest absolute Gasteiger partial charge is 0.390 e. The van der Waals surface area contributed by atoms with Crippen molar-refractivity contribution in [3.63, 3.8) is 0 Å². The van der Waals surface area contributed by atoms with E-state index >= 15 is 0 Å². The van der Waals surface area contributed by atoms with Crippen molar-refractivity contribution in [2.24, 2.45) is 11.3 Å². The molecule has 166 valence electrons. The third-order valence-corrected chi connectivity index (χ3v) is 9.86. The number of aromatic nitrogens is 1. The molecule has 0 radical (unpaired) electrons. The number of nitrogens with zero attached hydrogens (tertiary/aromatic N) is 1. The third-order valence-electron chi connectivity index (χ3n) is 9.86. The van der Waals surface area contributed by atoms with Gasteiger partial charge in [-0.25, -0.2) is 0 Å². The molecule has 3 fully saturated rings. The Balaban J connectivity index is 1.31. The summed E-state index contributed by atoms with van der Waals surface area (Å²) in [4.78, 5) is 4.34. The molecule has 3 unspecified atom stereocenters. The van der Waals surface area contributed by atoms with Crippen molar-refractivity contribution in [3.05, 3.63) is 65.5 Å². The number of ether oxygens (including phenoxy) is 1.